The van der Waals surface area contributed by atoms with Crippen molar-refractivity contribution in [2.75, 3.05) is 6.54 Å². The topological polar surface area (TPSA) is 37.8 Å². The van der Waals surface area contributed by atoms with Crippen LogP contribution in [0, 0.1) is 0 Å². The average molecular weight is 255 g/mol. The molecule has 1 N–H and O–H groups in total. The van der Waals surface area contributed by atoms with Gasteiger partial charge >= 0.3 is 0 Å². The Kier molecular flexibility index (Phi) is 4.63. The van der Waals surface area contributed by atoms with Crippen LogP contribution < -0.4 is 5.32 Å². The Morgan fingerprint density at radius 3 is 2.79 bits per heavy atom. The van der Waals surface area contributed by atoms with E-state index in [2.05, 4.69) is 48.2 Å². The van der Waals surface area contributed by atoms with E-state index in [9.17, 15) is 0 Å². The summed E-state index contributed by atoms with van der Waals surface area (Å²) in [4.78, 5) is 8.86. The van der Waals surface area contributed by atoms with Gasteiger partial charge in [0.2, 0.25) is 0 Å². The molecule has 3 heteroatoms. The summed E-state index contributed by atoms with van der Waals surface area (Å²) in [5.74, 6) is 0. The highest BCUT2D eigenvalue weighted by molar-refractivity contribution is 5.78. The zero-order chi connectivity index (χ0) is 13.7. The van der Waals surface area contributed by atoms with Crippen molar-refractivity contribution in [3.05, 3.63) is 47.8 Å². The molecule has 0 aliphatic heterocycles. The van der Waals surface area contributed by atoms with Gasteiger partial charge in [0.1, 0.15) is 0 Å². The van der Waals surface area contributed by atoms with E-state index in [4.69, 9.17) is 0 Å². The molecule has 2 aromatic rings. The molecular weight excluding hydrogens is 234 g/mol. The summed E-state index contributed by atoms with van der Waals surface area (Å²) in [6.07, 6.45) is 6.86. The van der Waals surface area contributed by atoms with Crippen molar-refractivity contribution < 1.29 is 0 Å². The average Bonchev–Trinajstić information content (AvgIpc) is 2.42. The fraction of sp³-hybridized carbons (Fsp3) is 0.375. The van der Waals surface area contributed by atoms with Crippen LogP contribution in [0.25, 0.3) is 11.0 Å². The van der Waals surface area contributed by atoms with Crippen LogP contribution in [0.15, 0.2) is 42.2 Å². The Hall–Kier alpha value is -1.74. The van der Waals surface area contributed by atoms with Crippen LogP contribution >= 0.6 is 0 Å². The molecule has 0 saturated heterocycles. The minimum atomic E-state index is 0.199. The van der Waals surface area contributed by atoms with Gasteiger partial charge in [-0.25, -0.2) is 0 Å². The Morgan fingerprint density at radius 2 is 2.05 bits per heavy atom. The van der Waals surface area contributed by atoms with Crippen molar-refractivity contribution in [3.63, 3.8) is 0 Å². The molecule has 0 bridgehead atoms. The highest BCUT2D eigenvalue weighted by Crippen LogP contribution is 2.23. The first-order valence-corrected chi connectivity index (χ1v) is 6.80. The van der Waals surface area contributed by atoms with Crippen molar-refractivity contribution >= 4 is 11.0 Å². The van der Waals surface area contributed by atoms with Gasteiger partial charge in [0.25, 0.3) is 0 Å². The molecule has 0 aliphatic rings. The SMILES string of the molecule is CCCNC(C=C(C)C)c1cccc2nccnc12. The Bertz CT molecular complexity index is 566. The molecule has 1 aromatic carbocycles. The molecule has 0 spiro atoms. The maximum atomic E-state index is 4.49. The van der Waals surface area contributed by atoms with Gasteiger partial charge in [0.15, 0.2) is 0 Å². The quantitative estimate of drug-likeness (QED) is 0.829. The van der Waals surface area contributed by atoms with Gasteiger partial charge in [-0.2, -0.15) is 0 Å². The minimum Gasteiger partial charge on any atom is -0.307 e. The summed E-state index contributed by atoms with van der Waals surface area (Å²) < 4.78 is 0. The molecule has 0 aliphatic carbocycles. The first-order chi connectivity index (χ1) is 9.22. The fourth-order valence-corrected chi connectivity index (χ4v) is 2.16. The molecule has 1 atom stereocenters. The summed E-state index contributed by atoms with van der Waals surface area (Å²) in [6.45, 7) is 7.41. The fourth-order valence-electron chi connectivity index (χ4n) is 2.16. The number of nitrogens with one attached hydrogen (secondary N) is 1. The summed E-state index contributed by atoms with van der Waals surface area (Å²) in [7, 11) is 0. The predicted molar refractivity (Wildman–Crippen MR) is 80.0 cm³/mol. The van der Waals surface area contributed by atoms with Gasteiger partial charge in [0, 0.05) is 18.0 Å². The first kappa shape index (κ1) is 13.7. The Balaban J connectivity index is 2.46. The van der Waals surface area contributed by atoms with Gasteiger partial charge in [-0.05, 0) is 32.9 Å². The maximum absolute atomic E-state index is 4.49. The van der Waals surface area contributed by atoms with E-state index in [1.807, 2.05) is 12.1 Å². The number of nitrogens with zero attached hydrogens (tertiary/aromatic N) is 2. The summed E-state index contributed by atoms with van der Waals surface area (Å²) in [5, 5.41) is 3.57. The van der Waals surface area contributed by atoms with Gasteiger partial charge in [-0.15, -0.1) is 0 Å². The Morgan fingerprint density at radius 1 is 1.26 bits per heavy atom. The number of benzene rings is 1. The highest BCUT2D eigenvalue weighted by Gasteiger charge is 2.12. The molecule has 1 unspecified atom stereocenters. The number of aromatic nitrogens is 2. The molecule has 2 rings (SSSR count). The molecule has 0 amide bonds. The Labute approximate surface area is 114 Å². The van der Waals surface area contributed by atoms with E-state index in [0.717, 1.165) is 24.0 Å². The molecule has 100 valence electrons. The summed E-state index contributed by atoms with van der Waals surface area (Å²) in [6, 6.07) is 6.38. The lowest BCUT2D eigenvalue weighted by molar-refractivity contribution is 0.612. The predicted octanol–water partition coefficient (Wildman–Crippen LogP) is 3.64. The normalized spacial score (nSPS) is 12.4. The van der Waals surface area contributed by atoms with Crippen molar-refractivity contribution in [1.82, 2.24) is 15.3 Å². The molecule has 1 aromatic heterocycles. The molecular formula is C16H21N3. The third kappa shape index (κ3) is 3.38. The largest absolute Gasteiger partial charge is 0.307 e. The summed E-state index contributed by atoms with van der Waals surface area (Å²) in [5.41, 5.74) is 4.43. The molecule has 19 heavy (non-hydrogen) atoms. The molecule has 0 saturated carbocycles. The van der Waals surface area contributed by atoms with Gasteiger partial charge < -0.3 is 5.32 Å². The van der Waals surface area contributed by atoms with Crippen LogP contribution in [0.4, 0.5) is 0 Å². The first-order valence-electron chi connectivity index (χ1n) is 6.80. The second-order valence-corrected chi connectivity index (χ2v) is 4.95. The minimum absolute atomic E-state index is 0.199. The van der Waals surface area contributed by atoms with E-state index in [1.165, 1.54) is 11.1 Å². The molecule has 0 fully saturated rings. The lowest BCUT2D eigenvalue weighted by Crippen LogP contribution is -2.21. The monoisotopic (exact) mass is 255 g/mol. The number of para-hydroxylation sites is 1. The van der Waals surface area contributed by atoms with Gasteiger partial charge in [-0.1, -0.05) is 30.7 Å². The van der Waals surface area contributed by atoms with Crippen LogP contribution in [0.1, 0.15) is 38.8 Å². The lowest BCUT2D eigenvalue weighted by Gasteiger charge is -2.17. The molecule has 0 radical (unpaired) electrons. The van der Waals surface area contributed by atoms with Crippen molar-refractivity contribution in [1.29, 1.82) is 0 Å². The zero-order valence-electron chi connectivity index (χ0n) is 11.9. The number of hydrogen-bond donors (Lipinski definition) is 1. The highest BCUT2D eigenvalue weighted by atomic mass is 14.9. The van der Waals surface area contributed by atoms with Crippen LogP contribution in [0.5, 0.6) is 0 Å². The standard InChI is InChI=1S/C16H21N3/c1-4-8-17-15(11-12(2)3)13-6-5-7-14-16(13)19-10-9-18-14/h5-7,9-11,15,17H,4,8H2,1-3H3. The van der Waals surface area contributed by atoms with Crippen LogP contribution in [-0.2, 0) is 0 Å². The van der Waals surface area contributed by atoms with E-state index in [1.54, 1.807) is 12.4 Å². The third-order valence-corrected chi connectivity index (χ3v) is 2.98. The second kappa shape index (κ2) is 6.43. The third-order valence-electron chi connectivity index (χ3n) is 2.98. The van der Waals surface area contributed by atoms with Gasteiger partial charge in [0.05, 0.1) is 17.1 Å². The number of rotatable bonds is 5. The second-order valence-electron chi connectivity index (χ2n) is 4.95. The number of hydrogen-bond acceptors (Lipinski definition) is 3. The molecule has 3 nitrogen and oxygen atoms in total. The maximum Gasteiger partial charge on any atom is 0.0937 e. The lowest BCUT2D eigenvalue weighted by atomic mass is 10.0. The molecule has 1 heterocycles. The number of fused-ring (bicyclic) bond motifs is 1. The smallest absolute Gasteiger partial charge is 0.0937 e. The van der Waals surface area contributed by atoms with Crippen LogP contribution in [0.2, 0.25) is 0 Å². The van der Waals surface area contributed by atoms with Crippen LogP contribution in [0.3, 0.4) is 0 Å². The van der Waals surface area contributed by atoms with E-state index in [-0.39, 0.29) is 6.04 Å². The van der Waals surface area contributed by atoms with E-state index >= 15 is 0 Å². The van der Waals surface area contributed by atoms with Crippen molar-refractivity contribution in [2.45, 2.75) is 33.2 Å². The van der Waals surface area contributed by atoms with Crippen molar-refractivity contribution in [3.8, 4) is 0 Å². The summed E-state index contributed by atoms with van der Waals surface area (Å²) >= 11 is 0. The zero-order valence-corrected chi connectivity index (χ0v) is 11.9. The van der Waals surface area contributed by atoms with E-state index in [0.29, 0.717) is 0 Å². The number of allylic oxidation sites excluding steroid dienone is 1. The van der Waals surface area contributed by atoms with Crippen LogP contribution in [-0.4, -0.2) is 16.5 Å². The van der Waals surface area contributed by atoms with Crippen molar-refractivity contribution in [2.24, 2.45) is 0 Å². The van der Waals surface area contributed by atoms with Gasteiger partial charge in [-0.3, -0.25) is 9.97 Å². The van der Waals surface area contributed by atoms with E-state index < -0.39 is 0 Å².